The number of nitrogens with one attached hydrogen (secondary N) is 1. The van der Waals surface area contributed by atoms with Gasteiger partial charge in [0.2, 0.25) is 5.95 Å². The van der Waals surface area contributed by atoms with Crippen LogP contribution in [0.5, 0.6) is 0 Å². The number of aryl methyl sites for hydroxylation is 1. The van der Waals surface area contributed by atoms with Crippen molar-refractivity contribution in [2.75, 3.05) is 23.3 Å². The predicted molar refractivity (Wildman–Crippen MR) is 117 cm³/mol. The summed E-state index contributed by atoms with van der Waals surface area (Å²) in [5.74, 6) is 0.336. The zero-order chi connectivity index (χ0) is 23.0. The molecule has 0 unspecified atom stereocenters. The summed E-state index contributed by atoms with van der Waals surface area (Å²) < 4.78 is 29.8. The first-order chi connectivity index (χ1) is 16.0. The number of nitrogens with zero attached hydrogens (tertiary/aromatic N) is 9. The van der Waals surface area contributed by atoms with Crippen LogP contribution >= 0.6 is 0 Å². The zero-order valence-corrected chi connectivity index (χ0v) is 17.9. The van der Waals surface area contributed by atoms with Crippen molar-refractivity contribution in [3.8, 4) is 6.07 Å². The number of hydrogen-bond acceptors (Lipinski definition) is 7. The van der Waals surface area contributed by atoms with E-state index < -0.39 is 13.0 Å². The first-order valence-corrected chi connectivity index (χ1v) is 10.6. The Hall–Kier alpha value is -4.01. The Morgan fingerprint density at radius 3 is 2.82 bits per heavy atom. The minimum atomic E-state index is -2.48. The lowest BCUT2D eigenvalue weighted by molar-refractivity contribution is 0.122. The van der Waals surface area contributed by atoms with Crippen molar-refractivity contribution in [3.05, 3.63) is 48.7 Å². The van der Waals surface area contributed by atoms with Crippen LogP contribution in [0.3, 0.4) is 0 Å². The Labute approximate surface area is 188 Å². The van der Waals surface area contributed by atoms with E-state index in [2.05, 4.69) is 43.5 Å². The zero-order valence-electron chi connectivity index (χ0n) is 17.9. The highest BCUT2D eigenvalue weighted by molar-refractivity contribution is 5.72. The van der Waals surface area contributed by atoms with E-state index in [0.717, 1.165) is 17.7 Å². The molecular weight excluding hydrogens is 430 g/mol. The summed E-state index contributed by atoms with van der Waals surface area (Å²) >= 11 is 0. The third-order valence-electron chi connectivity index (χ3n) is 5.81. The van der Waals surface area contributed by atoms with E-state index in [1.807, 2.05) is 29.2 Å². The lowest BCUT2D eigenvalue weighted by Crippen LogP contribution is -2.63. The largest absolute Gasteiger partial charge is 0.363 e. The molecule has 33 heavy (non-hydrogen) atoms. The molecule has 12 heteroatoms. The van der Waals surface area contributed by atoms with Gasteiger partial charge in [0.25, 0.3) is 6.43 Å². The number of fused-ring (bicyclic) bond motifs is 1. The highest BCUT2D eigenvalue weighted by atomic mass is 19.3. The maximum atomic E-state index is 12.5. The summed E-state index contributed by atoms with van der Waals surface area (Å²) in [5, 5.41) is 25.3. The van der Waals surface area contributed by atoms with Crippen molar-refractivity contribution in [3.63, 3.8) is 0 Å². The van der Waals surface area contributed by atoms with Crippen LogP contribution < -0.4 is 10.2 Å². The maximum Gasteiger partial charge on any atom is 0.257 e. The average Bonchev–Trinajstić information content (AvgIpc) is 3.49. The predicted octanol–water partition coefficient (Wildman–Crippen LogP) is 2.82. The fourth-order valence-electron chi connectivity index (χ4n) is 4.11. The number of hydrogen-bond donors (Lipinski definition) is 1. The van der Waals surface area contributed by atoms with Crippen LogP contribution in [-0.2, 0) is 18.5 Å². The number of nitriles is 1. The molecule has 10 nitrogen and oxygen atoms in total. The number of rotatable bonds is 8. The minimum absolute atomic E-state index is 0.336. The van der Waals surface area contributed by atoms with Gasteiger partial charge in [-0.3, -0.25) is 9.36 Å². The Kier molecular flexibility index (Phi) is 5.16. The monoisotopic (exact) mass is 452 g/mol. The third kappa shape index (κ3) is 3.86. The SMILES string of the molecule is CCc1cnn(C2(CC#N)CN(c3cccn4nc(Nc5cnn(CC(F)F)c5)nc34)C2)c1. The molecule has 1 fully saturated rings. The van der Waals surface area contributed by atoms with E-state index in [-0.39, 0.29) is 5.54 Å². The van der Waals surface area contributed by atoms with Crippen LogP contribution in [0.4, 0.5) is 26.1 Å². The summed E-state index contributed by atoms with van der Waals surface area (Å²) in [6.07, 6.45) is 7.37. The molecule has 1 aliphatic rings. The van der Waals surface area contributed by atoms with Gasteiger partial charge in [0.15, 0.2) is 5.65 Å². The Balaban J connectivity index is 1.37. The van der Waals surface area contributed by atoms with Crippen LogP contribution in [0.15, 0.2) is 43.1 Å². The van der Waals surface area contributed by atoms with Gasteiger partial charge in [-0.05, 0) is 24.1 Å². The number of alkyl halides is 2. The van der Waals surface area contributed by atoms with Crippen molar-refractivity contribution in [2.24, 2.45) is 0 Å². The number of anilines is 3. The molecule has 0 saturated carbocycles. The van der Waals surface area contributed by atoms with Crippen LogP contribution in [-0.4, -0.2) is 53.7 Å². The fraction of sp³-hybridized carbons (Fsp3) is 0.381. The smallest absolute Gasteiger partial charge is 0.257 e. The first kappa shape index (κ1) is 20.9. The Bertz CT molecular complexity index is 1310. The molecular formula is C21H22F2N10. The molecule has 4 aromatic rings. The van der Waals surface area contributed by atoms with Crippen molar-refractivity contribution in [1.82, 2.24) is 34.2 Å². The summed E-state index contributed by atoms with van der Waals surface area (Å²) in [6, 6.07) is 6.15. The molecule has 1 saturated heterocycles. The molecule has 1 N–H and O–H groups in total. The van der Waals surface area contributed by atoms with Gasteiger partial charge in [0.05, 0.1) is 36.3 Å². The average molecular weight is 452 g/mol. The van der Waals surface area contributed by atoms with E-state index in [1.54, 1.807) is 10.7 Å². The van der Waals surface area contributed by atoms with E-state index in [9.17, 15) is 14.0 Å². The third-order valence-corrected chi connectivity index (χ3v) is 5.81. The lowest BCUT2D eigenvalue weighted by Gasteiger charge is -2.50. The second-order valence-electron chi connectivity index (χ2n) is 8.13. The molecule has 4 aromatic heterocycles. The van der Waals surface area contributed by atoms with E-state index in [1.165, 1.54) is 17.1 Å². The van der Waals surface area contributed by atoms with Gasteiger partial charge in [-0.1, -0.05) is 6.92 Å². The van der Waals surface area contributed by atoms with Gasteiger partial charge >= 0.3 is 0 Å². The molecule has 0 bridgehead atoms. The number of pyridine rings is 1. The summed E-state index contributed by atoms with van der Waals surface area (Å²) in [6.45, 7) is 2.86. The van der Waals surface area contributed by atoms with Crippen molar-refractivity contribution >= 4 is 23.0 Å². The molecule has 0 aliphatic carbocycles. The molecule has 0 atom stereocenters. The highest BCUT2D eigenvalue weighted by Crippen LogP contribution is 2.37. The maximum absolute atomic E-state index is 12.5. The van der Waals surface area contributed by atoms with Gasteiger partial charge in [-0.15, -0.1) is 5.10 Å². The summed E-state index contributed by atoms with van der Waals surface area (Å²) in [4.78, 5) is 6.74. The molecule has 0 amide bonds. The lowest BCUT2D eigenvalue weighted by atomic mass is 9.86. The van der Waals surface area contributed by atoms with Crippen molar-refractivity contribution < 1.29 is 8.78 Å². The second-order valence-corrected chi connectivity index (χ2v) is 8.13. The van der Waals surface area contributed by atoms with Gasteiger partial charge in [-0.2, -0.15) is 20.4 Å². The van der Waals surface area contributed by atoms with Crippen LogP contribution in [0, 0.1) is 11.3 Å². The van der Waals surface area contributed by atoms with E-state index in [0.29, 0.717) is 36.8 Å². The van der Waals surface area contributed by atoms with Gasteiger partial charge in [-0.25, -0.2) is 13.3 Å². The minimum Gasteiger partial charge on any atom is -0.363 e. The van der Waals surface area contributed by atoms with Crippen LogP contribution in [0.1, 0.15) is 18.9 Å². The number of halogens is 2. The molecule has 0 radical (unpaired) electrons. The van der Waals surface area contributed by atoms with E-state index >= 15 is 0 Å². The second kappa shape index (κ2) is 8.16. The normalized spacial score (nSPS) is 15.1. The van der Waals surface area contributed by atoms with Gasteiger partial charge < -0.3 is 10.2 Å². The van der Waals surface area contributed by atoms with Crippen LogP contribution in [0.2, 0.25) is 0 Å². The molecule has 0 spiro atoms. The fourth-order valence-corrected chi connectivity index (χ4v) is 4.11. The van der Waals surface area contributed by atoms with Crippen molar-refractivity contribution in [1.29, 1.82) is 5.26 Å². The van der Waals surface area contributed by atoms with Crippen LogP contribution in [0.25, 0.3) is 5.65 Å². The standard InChI is InChI=1S/C21H22F2N10/c1-2-15-8-26-33(10-15)21(5-6-24)13-30(14-21)17-4-3-7-32-19(17)28-20(29-32)27-16-9-25-31(11-16)12-18(22)23/h3-4,7-11,18H,2,5,12-14H2,1H3,(H,27,29). The molecule has 0 aromatic carbocycles. The number of aromatic nitrogens is 7. The van der Waals surface area contributed by atoms with E-state index in [4.69, 9.17) is 0 Å². The molecule has 170 valence electrons. The molecule has 5 heterocycles. The highest BCUT2D eigenvalue weighted by Gasteiger charge is 2.46. The van der Waals surface area contributed by atoms with Gasteiger partial charge in [0, 0.05) is 31.7 Å². The topological polar surface area (TPSA) is 105 Å². The Morgan fingerprint density at radius 1 is 1.24 bits per heavy atom. The van der Waals surface area contributed by atoms with Crippen molar-refractivity contribution in [2.45, 2.75) is 38.3 Å². The Morgan fingerprint density at radius 2 is 2.09 bits per heavy atom. The molecule has 1 aliphatic heterocycles. The quantitative estimate of drug-likeness (QED) is 0.438. The van der Waals surface area contributed by atoms with Gasteiger partial charge in [0.1, 0.15) is 12.1 Å². The molecule has 5 rings (SSSR count). The first-order valence-electron chi connectivity index (χ1n) is 10.6. The summed E-state index contributed by atoms with van der Waals surface area (Å²) in [7, 11) is 0. The summed E-state index contributed by atoms with van der Waals surface area (Å²) in [5.41, 5.74) is 2.83.